The molecule has 0 bridgehead atoms. The highest BCUT2D eigenvalue weighted by Crippen LogP contribution is 2.35. The van der Waals surface area contributed by atoms with Crippen LogP contribution in [0.1, 0.15) is 20.3 Å². The first-order valence-electron chi connectivity index (χ1n) is 6.43. The van der Waals surface area contributed by atoms with Gasteiger partial charge in [0, 0.05) is 25.2 Å². The first kappa shape index (κ1) is 15.7. The maximum atomic E-state index is 12.6. The Morgan fingerprint density at radius 3 is 2.57 bits per heavy atom. The summed E-state index contributed by atoms with van der Waals surface area (Å²) in [5, 5.41) is 10.7. The fourth-order valence-corrected chi connectivity index (χ4v) is 4.14. The van der Waals surface area contributed by atoms with Crippen LogP contribution in [0.25, 0.3) is 0 Å². The van der Waals surface area contributed by atoms with Crippen molar-refractivity contribution in [1.82, 2.24) is 4.31 Å². The molecule has 1 aliphatic rings. The maximum Gasteiger partial charge on any atom is 0.271 e. The highest BCUT2D eigenvalue weighted by atomic mass is 32.2. The van der Waals surface area contributed by atoms with Gasteiger partial charge in [-0.05, 0) is 17.9 Å². The van der Waals surface area contributed by atoms with Crippen LogP contribution in [0.4, 0.5) is 11.4 Å². The van der Waals surface area contributed by atoms with E-state index in [-0.39, 0.29) is 21.7 Å². The van der Waals surface area contributed by atoms with E-state index >= 15 is 0 Å². The standard InChI is InChI=1S/C12H18N4O4S/c1-12(2)5-6-15(8-12)21(19,20)11-4-3-9(16(17)18)7-10(11)14-13/h3-4,7,14H,5-6,8,13H2,1-2H3. The maximum absolute atomic E-state index is 12.6. The van der Waals surface area contributed by atoms with Gasteiger partial charge in [-0.15, -0.1) is 0 Å². The topological polar surface area (TPSA) is 119 Å². The second-order valence-corrected chi connectivity index (χ2v) is 7.74. The number of non-ortho nitro benzene ring substituents is 1. The average Bonchev–Trinajstić information content (AvgIpc) is 2.78. The molecule has 0 atom stereocenters. The zero-order valence-electron chi connectivity index (χ0n) is 11.9. The monoisotopic (exact) mass is 314 g/mol. The van der Waals surface area contributed by atoms with Crippen LogP contribution in [-0.2, 0) is 10.0 Å². The molecule has 1 fully saturated rings. The van der Waals surface area contributed by atoms with E-state index in [2.05, 4.69) is 5.43 Å². The third kappa shape index (κ3) is 2.99. The van der Waals surface area contributed by atoms with Crippen molar-refractivity contribution in [3.63, 3.8) is 0 Å². The van der Waals surface area contributed by atoms with E-state index in [9.17, 15) is 18.5 Å². The minimum Gasteiger partial charge on any atom is -0.323 e. The van der Waals surface area contributed by atoms with Crippen molar-refractivity contribution < 1.29 is 13.3 Å². The molecule has 2 rings (SSSR count). The second-order valence-electron chi connectivity index (χ2n) is 5.83. The lowest BCUT2D eigenvalue weighted by Gasteiger charge is -2.20. The fourth-order valence-electron chi connectivity index (χ4n) is 2.38. The summed E-state index contributed by atoms with van der Waals surface area (Å²) >= 11 is 0. The van der Waals surface area contributed by atoms with Crippen LogP contribution in [-0.4, -0.2) is 30.7 Å². The van der Waals surface area contributed by atoms with Gasteiger partial charge in [-0.2, -0.15) is 4.31 Å². The van der Waals surface area contributed by atoms with Gasteiger partial charge in [0.25, 0.3) is 5.69 Å². The van der Waals surface area contributed by atoms with Crippen molar-refractivity contribution in [2.75, 3.05) is 18.5 Å². The van der Waals surface area contributed by atoms with Crippen LogP contribution >= 0.6 is 0 Å². The fraction of sp³-hybridized carbons (Fsp3) is 0.500. The van der Waals surface area contributed by atoms with Crippen molar-refractivity contribution in [3.05, 3.63) is 28.3 Å². The van der Waals surface area contributed by atoms with Crippen LogP contribution in [0.2, 0.25) is 0 Å². The van der Waals surface area contributed by atoms with Crippen molar-refractivity contribution in [2.45, 2.75) is 25.2 Å². The van der Waals surface area contributed by atoms with Crippen LogP contribution < -0.4 is 11.3 Å². The number of hydrogen-bond acceptors (Lipinski definition) is 6. The third-order valence-corrected chi connectivity index (χ3v) is 5.49. The Morgan fingerprint density at radius 1 is 1.43 bits per heavy atom. The molecule has 1 heterocycles. The number of nitro groups is 1. The highest BCUT2D eigenvalue weighted by Gasteiger charge is 2.38. The lowest BCUT2D eigenvalue weighted by molar-refractivity contribution is -0.384. The molecule has 1 aliphatic heterocycles. The van der Waals surface area contributed by atoms with Crippen molar-refractivity contribution in [2.24, 2.45) is 11.3 Å². The number of hydrogen-bond donors (Lipinski definition) is 2. The van der Waals surface area contributed by atoms with Gasteiger partial charge in [-0.1, -0.05) is 13.8 Å². The largest absolute Gasteiger partial charge is 0.323 e. The number of nitrogen functional groups attached to an aromatic ring is 1. The number of rotatable bonds is 4. The van der Waals surface area contributed by atoms with E-state index in [1.165, 1.54) is 10.4 Å². The normalized spacial score (nSPS) is 18.6. The molecule has 1 saturated heterocycles. The summed E-state index contributed by atoms with van der Waals surface area (Å²) < 4.78 is 26.7. The Balaban J connectivity index is 2.43. The van der Waals surface area contributed by atoms with Gasteiger partial charge in [0.05, 0.1) is 10.6 Å². The predicted molar refractivity (Wildman–Crippen MR) is 78.1 cm³/mol. The van der Waals surface area contributed by atoms with Crippen molar-refractivity contribution in [1.29, 1.82) is 0 Å². The Morgan fingerprint density at radius 2 is 2.10 bits per heavy atom. The van der Waals surface area contributed by atoms with Gasteiger partial charge in [-0.3, -0.25) is 16.0 Å². The Labute approximate surface area is 123 Å². The lowest BCUT2D eigenvalue weighted by atomic mass is 9.93. The number of anilines is 1. The molecule has 0 aromatic heterocycles. The first-order valence-corrected chi connectivity index (χ1v) is 7.87. The molecule has 0 saturated carbocycles. The molecule has 1 aromatic carbocycles. The smallest absolute Gasteiger partial charge is 0.271 e. The summed E-state index contributed by atoms with van der Waals surface area (Å²) in [6, 6.07) is 3.50. The van der Waals surface area contributed by atoms with Gasteiger partial charge < -0.3 is 5.43 Å². The highest BCUT2D eigenvalue weighted by molar-refractivity contribution is 7.89. The van der Waals surface area contributed by atoms with E-state index in [4.69, 9.17) is 5.84 Å². The van der Waals surface area contributed by atoms with Gasteiger partial charge in [0.15, 0.2) is 0 Å². The van der Waals surface area contributed by atoms with Gasteiger partial charge >= 0.3 is 0 Å². The van der Waals surface area contributed by atoms with E-state index in [0.29, 0.717) is 13.1 Å². The molecule has 116 valence electrons. The summed E-state index contributed by atoms with van der Waals surface area (Å²) in [6.45, 7) is 4.84. The van der Waals surface area contributed by atoms with Crippen LogP contribution in [0.15, 0.2) is 23.1 Å². The van der Waals surface area contributed by atoms with Gasteiger partial charge in [0.2, 0.25) is 10.0 Å². The van der Waals surface area contributed by atoms with Crippen LogP contribution in [0.5, 0.6) is 0 Å². The Bertz CT molecular complexity index is 672. The molecule has 3 N–H and O–H groups in total. The molecule has 21 heavy (non-hydrogen) atoms. The zero-order valence-corrected chi connectivity index (χ0v) is 12.7. The number of nitrogens with two attached hydrogens (primary N) is 1. The number of nitrogens with zero attached hydrogens (tertiary/aromatic N) is 2. The minimum atomic E-state index is -3.73. The van der Waals surface area contributed by atoms with E-state index < -0.39 is 14.9 Å². The first-order chi connectivity index (χ1) is 9.67. The number of nitrogens with one attached hydrogen (secondary N) is 1. The van der Waals surface area contributed by atoms with Crippen LogP contribution in [0.3, 0.4) is 0 Å². The molecule has 0 aliphatic carbocycles. The Kier molecular flexibility index (Phi) is 3.91. The molecular weight excluding hydrogens is 296 g/mol. The van der Waals surface area contributed by atoms with Crippen LogP contribution in [0, 0.1) is 15.5 Å². The van der Waals surface area contributed by atoms with E-state index in [0.717, 1.165) is 18.6 Å². The quantitative estimate of drug-likeness (QED) is 0.491. The van der Waals surface area contributed by atoms with Gasteiger partial charge in [0.1, 0.15) is 4.90 Å². The van der Waals surface area contributed by atoms with E-state index in [1.807, 2.05) is 13.8 Å². The molecule has 0 spiro atoms. The summed E-state index contributed by atoms with van der Waals surface area (Å²) in [7, 11) is -3.73. The molecule has 0 amide bonds. The second kappa shape index (κ2) is 5.24. The summed E-state index contributed by atoms with van der Waals surface area (Å²) in [4.78, 5) is 10.1. The Hall–Kier alpha value is -1.71. The summed E-state index contributed by atoms with van der Waals surface area (Å²) in [6.07, 6.45) is 0.768. The molecule has 0 unspecified atom stereocenters. The number of hydrazine groups is 1. The number of nitro benzene ring substituents is 1. The SMILES string of the molecule is CC1(C)CCN(S(=O)(=O)c2ccc([N+](=O)[O-])cc2NN)C1. The lowest BCUT2D eigenvalue weighted by Crippen LogP contribution is -2.31. The third-order valence-electron chi connectivity index (χ3n) is 3.59. The van der Waals surface area contributed by atoms with Gasteiger partial charge in [-0.25, -0.2) is 8.42 Å². The van der Waals surface area contributed by atoms with Crippen molar-refractivity contribution in [3.8, 4) is 0 Å². The number of sulfonamides is 1. The molecule has 1 aromatic rings. The van der Waals surface area contributed by atoms with Crippen molar-refractivity contribution >= 4 is 21.4 Å². The molecule has 9 heteroatoms. The molecule has 8 nitrogen and oxygen atoms in total. The predicted octanol–water partition coefficient (Wildman–Crippen LogP) is 1.30. The summed E-state index contributed by atoms with van der Waals surface area (Å²) in [5.74, 6) is 5.31. The summed E-state index contributed by atoms with van der Waals surface area (Å²) in [5.41, 5.74) is 1.95. The number of benzene rings is 1. The minimum absolute atomic E-state index is 0.0221. The van der Waals surface area contributed by atoms with E-state index in [1.54, 1.807) is 0 Å². The average molecular weight is 314 g/mol. The molecule has 0 radical (unpaired) electrons. The zero-order chi connectivity index (χ0) is 15.8. The molecular formula is C12H18N4O4S.